The summed E-state index contributed by atoms with van der Waals surface area (Å²) in [6.07, 6.45) is 3.45. The van der Waals surface area contributed by atoms with Crippen LogP contribution in [0.1, 0.15) is 27.9 Å². The molecule has 0 spiro atoms. The fourth-order valence-electron chi connectivity index (χ4n) is 3.06. The second-order valence-corrected chi connectivity index (χ2v) is 7.48. The molecule has 1 unspecified atom stereocenters. The quantitative estimate of drug-likeness (QED) is 0.505. The van der Waals surface area contributed by atoms with Gasteiger partial charge in [0.05, 0.1) is 7.11 Å². The number of halogens is 1. The SMILES string of the molecule is COc1ccc(-c2nc(C(=O)NC(c3ccc(F)cc3)c3nccn3C)cs2)cc1. The Labute approximate surface area is 177 Å². The van der Waals surface area contributed by atoms with E-state index in [1.165, 1.54) is 23.5 Å². The van der Waals surface area contributed by atoms with Crippen LogP contribution in [-0.2, 0) is 7.05 Å². The highest BCUT2D eigenvalue weighted by molar-refractivity contribution is 7.13. The largest absolute Gasteiger partial charge is 0.497 e. The molecular formula is C22H19FN4O2S. The van der Waals surface area contributed by atoms with Gasteiger partial charge in [0.15, 0.2) is 0 Å². The van der Waals surface area contributed by atoms with Gasteiger partial charge in [0, 0.05) is 30.4 Å². The molecule has 30 heavy (non-hydrogen) atoms. The number of thiazole rings is 1. The summed E-state index contributed by atoms with van der Waals surface area (Å²) in [5.74, 6) is 0.724. The predicted molar refractivity (Wildman–Crippen MR) is 113 cm³/mol. The summed E-state index contributed by atoms with van der Waals surface area (Å²) >= 11 is 1.39. The fraction of sp³-hybridized carbons (Fsp3) is 0.136. The minimum absolute atomic E-state index is 0.312. The standard InChI is InChI=1S/C22H19FN4O2S/c1-27-12-11-24-20(27)19(14-3-7-16(23)8-4-14)26-21(28)18-13-30-22(25-18)15-5-9-17(29-2)10-6-15/h3-13,19H,1-2H3,(H,26,28). The average molecular weight is 422 g/mol. The van der Waals surface area contributed by atoms with Crippen LogP contribution in [0.25, 0.3) is 10.6 Å². The molecule has 0 aliphatic carbocycles. The summed E-state index contributed by atoms with van der Waals surface area (Å²) in [4.78, 5) is 21.8. The van der Waals surface area contributed by atoms with E-state index in [1.54, 1.807) is 37.0 Å². The molecule has 0 saturated heterocycles. The number of imidazole rings is 1. The lowest BCUT2D eigenvalue weighted by molar-refractivity contribution is 0.0937. The Hall–Kier alpha value is -3.52. The predicted octanol–water partition coefficient (Wildman–Crippen LogP) is 4.21. The van der Waals surface area contributed by atoms with Crippen molar-refractivity contribution in [3.8, 4) is 16.3 Å². The van der Waals surface area contributed by atoms with Crippen LogP contribution >= 0.6 is 11.3 Å². The van der Waals surface area contributed by atoms with E-state index in [9.17, 15) is 9.18 Å². The lowest BCUT2D eigenvalue weighted by Gasteiger charge is -2.18. The number of benzene rings is 2. The van der Waals surface area contributed by atoms with Crippen LogP contribution in [0, 0.1) is 5.82 Å². The summed E-state index contributed by atoms with van der Waals surface area (Å²) in [5, 5.41) is 5.43. The van der Waals surface area contributed by atoms with Crippen LogP contribution in [0.4, 0.5) is 4.39 Å². The summed E-state index contributed by atoms with van der Waals surface area (Å²) < 4.78 is 20.4. The van der Waals surface area contributed by atoms with Crippen molar-refractivity contribution in [2.24, 2.45) is 7.05 Å². The van der Waals surface area contributed by atoms with Gasteiger partial charge in [0.1, 0.15) is 34.1 Å². The lowest BCUT2D eigenvalue weighted by atomic mass is 10.1. The molecule has 0 fully saturated rings. The van der Waals surface area contributed by atoms with Gasteiger partial charge in [-0.05, 0) is 42.0 Å². The highest BCUT2D eigenvalue weighted by Gasteiger charge is 2.23. The molecule has 2 aromatic carbocycles. The van der Waals surface area contributed by atoms with Crippen molar-refractivity contribution >= 4 is 17.2 Å². The maximum absolute atomic E-state index is 13.4. The Kier molecular flexibility index (Phi) is 5.58. The molecule has 6 nitrogen and oxygen atoms in total. The number of ether oxygens (including phenoxy) is 1. The van der Waals surface area contributed by atoms with E-state index in [-0.39, 0.29) is 11.7 Å². The first-order chi connectivity index (χ1) is 14.5. The molecule has 8 heteroatoms. The van der Waals surface area contributed by atoms with Crippen molar-refractivity contribution in [3.05, 3.63) is 89.2 Å². The zero-order valence-electron chi connectivity index (χ0n) is 16.4. The first-order valence-corrected chi connectivity index (χ1v) is 10.1. The number of nitrogens with one attached hydrogen (secondary N) is 1. The van der Waals surface area contributed by atoms with Crippen LogP contribution in [0.3, 0.4) is 0 Å². The number of hydrogen-bond donors (Lipinski definition) is 1. The van der Waals surface area contributed by atoms with E-state index < -0.39 is 6.04 Å². The van der Waals surface area contributed by atoms with E-state index in [0.29, 0.717) is 11.5 Å². The Morgan fingerprint density at radius 2 is 1.90 bits per heavy atom. The molecule has 2 aromatic heterocycles. The molecule has 0 saturated carbocycles. The third-order valence-corrected chi connectivity index (χ3v) is 5.56. The summed E-state index contributed by atoms with van der Waals surface area (Å²) in [7, 11) is 3.45. The number of amides is 1. The number of hydrogen-bond acceptors (Lipinski definition) is 5. The van der Waals surface area contributed by atoms with Gasteiger partial charge in [-0.3, -0.25) is 4.79 Å². The van der Waals surface area contributed by atoms with Crippen LogP contribution in [0.5, 0.6) is 5.75 Å². The highest BCUT2D eigenvalue weighted by atomic mass is 32.1. The van der Waals surface area contributed by atoms with Crippen molar-refractivity contribution in [1.29, 1.82) is 0 Å². The molecule has 1 atom stereocenters. The van der Waals surface area contributed by atoms with Crippen LogP contribution in [0.15, 0.2) is 66.3 Å². The zero-order chi connectivity index (χ0) is 21.1. The second kappa shape index (κ2) is 8.46. The number of methoxy groups -OCH3 is 1. The molecule has 4 rings (SSSR count). The second-order valence-electron chi connectivity index (χ2n) is 6.62. The zero-order valence-corrected chi connectivity index (χ0v) is 17.2. The molecule has 152 valence electrons. The van der Waals surface area contributed by atoms with Gasteiger partial charge in [-0.2, -0.15) is 0 Å². The maximum Gasteiger partial charge on any atom is 0.271 e. The van der Waals surface area contributed by atoms with E-state index >= 15 is 0 Å². The smallest absolute Gasteiger partial charge is 0.271 e. The number of carbonyl (C=O) groups is 1. The molecule has 0 bridgehead atoms. The van der Waals surface area contributed by atoms with Gasteiger partial charge in [-0.15, -0.1) is 11.3 Å². The minimum Gasteiger partial charge on any atom is -0.497 e. The Bertz CT molecular complexity index is 1150. The minimum atomic E-state index is -0.538. The third kappa shape index (κ3) is 4.08. The van der Waals surface area contributed by atoms with E-state index in [4.69, 9.17) is 4.74 Å². The van der Waals surface area contributed by atoms with E-state index in [0.717, 1.165) is 21.9 Å². The molecule has 0 radical (unpaired) electrons. The number of carbonyl (C=O) groups excluding carboxylic acids is 1. The van der Waals surface area contributed by atoms with Gasteiger partial charge < -0.3 is 14.6 Å². The number of aromatic nitrogens is 3. The normalized spacial score (nSPS) is 11.8. The van der Waals surface area contributed by atoms with Crippen LogP contribution in [0.2, 0.25) is 0 Å². The summed E-state index contributed by atoms with van der Waals surface area (Å²) in [6, 6.07) is 13.0. The number of rotatable bonds is 6. The Morgan fingerprint density at radius 1 is 1.17 bits per heavy atom. The van der Waals surface area contributed by atoms with Crippen LogP contribution in [-0.4, -0.2) is 27.6 Å². The van der Waals surface area contributed by atoms with Crippen molar-refractivity contribution in [2.75, 3.05) is 7.11 Å². The van der Waals surface area contributed by atoms with Gasteiger partial charge in [-0.1, -0.05) is 12.1 Å². The molecular weight excluding hydrogens is 403 g/mol. The van der Waals surface area contributed by atoms with E-state index in [1.807, 2.05) is 35.9 Å². The van der Waals surface area contributed by atoms with Crippen LogP contribution < -0.4 is 10.1 Å². The van der Waals surface area contributed by atoms with Gasteiger partial charge in [0.2, 0.25) is 0 Å². The first-order valence-electron chi connectivity index (χ1n) is 9.18. The van der Waals surface area contributed by atoms with Crippen molar-refractivity contribution in [1.82, 2.24) is 19.9 Å². The topological polar surface area (TPSA) is 69.0 Å². The van der Waals surface area contributed by atoms with Gasteiger partial charge in [-0.25, -0.2) is 14.4 Å². The Morgan fingerprint density at radius 3 is 2.53 bits per heavy atom. The van der Waals surface area contributed by atoms with Gasteiger partial charge in [0.25, 0.3) is 5.91 Å². The average Bonchev–Trinajstić information content (AvgIpc) is 3.42. The summed E-state index contributed by atoms with van der Waals surface area (Å²) in [6.45, 7) is 0. The molecule has 0 aliphatic rings. The molecule has 1 amide bonds. The first kappa shape index (κ1) is 19.8. The lowest BCUT2D eigenvalue weighted by Crippen LogP contribution is -2.31. The maximum atomic E-state index is 13.4. The molecule has 1 N–H and O–H groups in total. The van der Waals surface area contributed by atoms with Crippen molar-refractivity contribution in [2.45, 2.75) is 6.04 Å². The highest BCUT2D eigenvalue weighted by Crippen LogP contribution is 2.27. The summed E-state index contributed by atoms with van der Waals surface area (Å²) in [5.41, 5.74) is 1.94. The third-order valence-electron chi connectivity index (χ3n) is 4.67. The number of aryl methyl sites for hydroxylation is 1. The fourth-order valence-corrected chi connectivity index (χ4v) is 3.86. The number of nitrogens with zero attached hydrogens (tertiary/aromatic N) is 3. The van der Waals surface area contributed by atoms with Gasteiger partial charge >= 0.3 is 0 Å². The Balaban J connectivity index is 1.59. The monoisotopic (exact) mass is 422 g/mol. The van der Waals surface area contributed by atoms with E-state index in [2.05, 4.69) is 15.3 Å². The van der Waals surface area contributed by atoms with Crippen molar-refractivity contribution < 1.29 is 13.9 Å². The molecule has 4 aromatic rings. The molecule has 0 aliphatic heterocycles. The molecule has 2 heterocycles. The van der Waals surface area contributed by atoms with Crippen molar-refractivity contribution in [3.63, 3.8) is 0 Å².